The molecule has 0 aliphatic rings. The van der Waals surface area contributed by atoms with Crippen LogP contribution in [0.4, 0.5) is 17.1 Å². The van der Waals surface area contributed by atoms with Crippen molar-refractivity contribution >= 4 is 22.8 Å². The molecule has 0 aromatic heterocycles. The van der Waals surface area contributed by atoms with Crippen molar-refractivity contribution < 1.29 is 4.79 Å². The maximum atomic E-state index is 11.3. The SMILES string of the molecule is C=CC(=O)Cc1ccc(N=Nc2ccc(N(C)C)cc2)cc1. The zero-order chi connectivity index (χ0) is 15.9. The highest BCUT2D eigenvalue weighted by Crippen LogP contribution is 2.21. The van der Waals surface area contributed by atoms with Gasteiger partial charge in [0.2, 0.25) is 0 Å². The van der Waals surface area contributed by atoms with Crippen molar-refractivity contribution in [3.63, 3.8) is 0 Å². The summed E-state index contributed by atoms with van der Waals surface area (Å²) in [6, 6.07) is 15.3. The molecule has 2 rings (SSSR count). The van der Waals surface area contributed by atoms with Gasteiger partial charge in [0.15, 0.2) is 5.78 Å². The number of anilines is 1. The quantitative estimate of drug-likeness (QED) is 0.583. The Morgan fingerprint density at radius 3 is 1.95 bits per heavy atom. The molecule has 4 nitrogen and oxygen atoms in total. The fraction of sp³-hybridized carbons (Fsp3) is 0.167. The number of benzene rings is 2. The Morgan fingerprint density at radius 2 is 1.50 bits per heavy atom. The number of hydrogen-bond acceptors (Lipinski definition) is 4. The van der Waals surface area contributed by atoms with Crippen molar-refractivity contribution in [3.05, 3.63) is 66.7 Å². The average molecular weight is 293 g/mol. The number of carbonyl (C=O) groups excluding carboxylic acids is 1. The van der Waals surface area contributed by atoms with Crippen LogP contribution in [0.15, 0.2) is 71.4 Å². The number of rotatable bonds is 6. The molecule has 0 saturated carbocycles. The monoisotopic (exact) mass is 293 g/mol. The molecule has 2 aromatic rings. The van der Waals surface area contributed by atoms with Gasteiger partial charge < -0.3 is 4.90 Å². The Labute approximate surface area is 130 Å². The van der Waals surface area contributed by atoms with E-state index < -0.39 is 0 Å². The van der Waals surface area contributed by atoms with Crippen molar-refractivity contribution in [3.8, 4) is 0 Å². The van der Waals surface area contributed by atoms with Crippen LogP contribution in [-0.4, -0.2) is 19.9 Å². The Kier molecular flexibility index (Phi) is 5.20. The van der Waals surface area contributed by atoms with E-state index in [0.29, 0.717) is 6.42 Å². The number of ketones is 1. The fourth-order valence-corrected chi connectivity index (χ4v) is 1.89. The van der Waals surface area contributed by atoms with E-state index in [2.05, 4.69) is 16.8 Å². The minimum atomic E-state index is 0.00959. The minimum absolute atomic E-state index is 0.00959. The van der Waals surface area contributed by atoms with Crippen LogP contribution in [0.1, 0.15) is 5.56 Å². The first-order valence-corrected chi connectivity index (χ1v) is 7.02. The number of azo groups is 1. The van der Waals surface area contributed by atoms with Crippen LogP contribution in [-0.2, 0) is 11.2 Å². The van der Waals surface area contributed by atoms with E-state index >= 15 is 0 Å². The number of carbonyl (C=O) groups is 1. The van der Waals surface area contributed by atoms with Crippen molar-refractivity contribution in [1.82, 2.24) is 0 Å². The average Bonchev–Trinajstić information content (AvgIpc) is 2.54. The van der Waals surface area contributed by atoms with Gasteiger partial charge in [-0.15, -0.1) is 0 Å². The Balaban J connectivity index is 2.03. The summed E-state index contributed by atoms with van der Waals surface area (Å²) in [5.41, 5.74) is 3.62. The van der Waals surface area contributed by atoms with Gasteiger partial charge in [0.05, 0.1) is 11.4 Å². The molecule has 112 valence electrons. The standard InChI is InChI=1S/C18H19N3O/c1-4-18(22)13-14-5-7-15(8-6-14)19-20-16-9-11-17(12-10-16)21(2)3/h4-12H,1,13H2,2-3H3. The highest BCUT2D eigenvalue weighted by atomic mass is 16.1. The zero-order valence-electron chi connectivity index (χ0n) is 12.9. The molecule has 0 amide bonds. The maximum Gasteiger partial charge on any atom is 0.159 e. The smallest absolute Gasteiger partial charge is 0.159 e. The Morgan fingerprint density at radius 1 is 1.00 bits per heavy atom. The first-order valence-electron chi connectivity index (χ1n) is 7.02. The molecule has 0 bridgehead atoms. The summed E-state index contributed by atoms with van der Waals surface area (Å²) in [6.07, 6.45) is 1.71. The first kappa shape index (κ1) is 15.6. The van der Waals surface area contributed by atoms with Crippen LogP contribution in [0.3, 0.4) is 0 Å². The molecule has 0 saturated heterocycles. The van der Waals surface area contributed by atoms with Gasteiger partial charge in [-0.05, 0) is 48.0 Å². The van der Waals surface area contributed by atoms with Crippen LogP contribution in [0.2, 0.25) is 0 Å². The highest BCUT2D eigenvalue weighted by molar-refractivity contribution is 5.90. The van der Waals surface area contributed by atoms with Crippen molar-refractivity contribution in [2.75, 3.05) is 19.0 Å². The van der Waals surface area contributed by atoms with Gasteiger partial charge in [-0.1, -0.05) is 18.7 Å². The van der Waals surface area contributed by atoms with E-state index in [1.165, 1.54) is 6.08 Å². The van der Waals surface area contributed by atoms with Gasteiger partial charge >= 0.3 is 0 Å². The molecular formula is C18H19N3O. The summed E-state index contributed by atoms with van der Waals surface area (Å²) in [7, 11) is 3.99. The van der Waals surface area contributed by atoms with E-state index in [9.17, 15) is 4.79 Å². The molecule has 0 atom stereocenters. The summed E-state index contributed by atoms with van der Waals surface area (Å²) in [4.78, 5) is 13.3. The summed E-state index contributed by atoms with van der Waals surface area (Å²) in [5, 5.41) is 8.40. The molecule has 0 heterocycles. The lowest BCUT2D eigenvalue weighted by Crippen LogP contribution is -2.07. The van der Waals surface area contributed by atoms with E-state index in [0.717, 1.165) is 22.6 Å². The number of hydrogen-bond donors (Lipinski definition) is 0. The number of nitrogens with zero attached hydrogens (tertiary/aromatic N) is 3. The topological polar surface area (TPSA) is 45.0 Å². The molecule has 4 heteroatoms. The van der Waals surface area contributed by atoms with Crippen LogP contribution in [0.25, 0.3) is 0 Å². The Bertz CT molecular complexity index is 670. The van der Waals surface area contributed by atoms with Gasteiger partial charge in [0.1, 0.15) is 0 Å². The van der Waals surface area contributed by atoms with Crippen LogP contribution in [0, 0.1) is 0 Å². The lowest BCUT2D eigenvalue weighted by Gasteiger charge is -2.11. The zero-order valence-corrected chi connectivity index (χ0v) is 12.9. The van der Waals surface area contributed by atoms with Gasteiger partial charge in [-0.2, -0.15) is 10.2 Å². The van der Waals surface area contributed by atoms with Gasteiger partial charge in [0.25, 0.3) is 0 Å². The van der Waals surface area contributed by atoms with Gasteiger partial charge in [0, 0.05) is 26.2 Å². The predicted molar refractivity (Wildman–Crippen MR) is 90.3 cm³/mol. The second-order valence-electron chi connectivity index (χ2n) is 5.12. The Hall–Kier alpha value is -2.75. The minimum Gasteiger partial charge on any atom is -0.378 e. The molecule has 0 radical (unpaired) electrons. The normalized spacial score (nSPS) is 10.6. The van der Waals surface area contributed by atoms with Crippen molar-refractivity contribution in [2.45, 2.75) is 6.42 Å². The summed E-state index contributed by atoms with van der Waals surface area (Å²) >= 11 is 0. The largest absolute Gasteiger partial charge is 0.378 e. The lowest BCUT2D eigenvalue weighted by atomic mass is 10.1. The van der Waals surface area contributed by atoms with Crippen molar-refractivity contribution in [1.29, 1.82) is 0 Å². The van der Waals surface area contributed by atoms with Gasteiger partial charge in [-0.25, -0.2) is 0 Å². The van der Waals surface area contributed by atoms with Crippen molar-refractivity contribution in [2.24, 2.45) is 10.2 Å². The lowest BCUT2D eigenvalue weighted by molar-refractivity contribution is -0.114. The third-order valence-electron chi connectivity index (χ3n) is 3.19. The molecule has 0 fully saturated rings. The highest BCUT2D eigenvalue weighted by Gasteiger charge is 1.99. The maximum absolute atomic E-state index is 11.3. The molecule has 0 N–H and O–H groups in total. The third kappa shape index (κ3) is 4.38. The predicted octanol–water partition coefficient (Wildman–Crippen LogP) is 4.47. The van der Waals surface area contributed by atoms with E-state index in [4.69, 9.17) is 0 Å². The second-order valence-corrected chi connectivity index (χ2v) is 5.12. The molecular weight excluding hydrogens is 274 g/mol. The molecule has 0 aliphatic carbocycles. The van der Waals surface area contributed by atoms with Crippen LogP contribution in [0.5, 0.6) is 0 Å². The molecule has 2 aromatic carbocycles. The first-order chi connectivity index (χ1) is 10.6. The third-order valence-corrected chi connectivity index (χ3v) is 3.19. The van der Waals surface area contributed by atoms with Crippen LogP contribution >= 0.6 is 0 Å². The van der Waals surface area contributed by atoms with Crippen LogP contribution < -0.4 is 4.90 Å². The molecule has 0 unspecified atom stereocenters. The second kappa shape index (κ2) is 7.31. The summed E-state index contributed by atoms with van der Waals surface area (Å²) in [6.45, 7) is 3.47. The molecule has 0 aliphatic heterocycles. The van der Waals surface area contributed by atoms with E-state index in [1.54, 1.807) is 0 Å². The van der Waals surface area contributed by atoms with E-state index in [1.807, 2.05) is 67.5 Å². The summed E-state index contributed by atoms with van der Waals surface area (Å²) < 4.78 is 0. The number of allylic oxidation sites excluding steroid dienone is 1. The van der Waals surface area contributed by atoms with Gasteiger partial charge in [-0.3, -0.25) is 4.79 Å². The van der Waals surface area contributed by atoms with E-state index in [-0.39, 0.29) is 5.78 Å². The molecule has 0 spiro atoms. The molecule has 22 heavy (non-hydrogen) atoms. The summed E-state index contributed by atoms with van der Waals surface area (Å²) in [5.74, 6) is 0.00959. The fourth-order valence-electron chi connectivity index (χ4n) is 1.89.